The van der Waals surface area contributed by atoms with E-state index in [0.717, 1.165) is 17.5 Å². The normalized spacial score (nSPS) is 10.1. The maximum Gasteiger partial charge on any atom is 0.224 e. The summed E-state index contributed by atoms with van der Waals surface area (Å²) in [4.78, 5) is 16.0. The lowest BCUT2D eigenvalue weighted by molar-refractivity contribution is -0.120. The van der Waals surface area contributed by atoms with Crippen molar-refractivity contribution in [3.63, 3.8) is 0 Å². The van der Waals surface area contributed by atoms with E-state index in [-0.39, 0.29) is 5.91 Å². The third-order valence-corrected chi connectivity index (χ3v) is 3.27. The first-order valence-corrected chi connectivity index (χ1v) is 7.09. The zero-order chi connectivity index (χ0) is 15.8. The average Bonchev–Trinajstić information content (AvgIpc) is 2.55. The lowest BCUT2D eigenvalue weighted by atomic mass is 10.1. The summed E-state index contributed by atoms with van der Waals surface area (Å²) in [6.45, 7) is 0.595. The van der Waals surface area contributed by atoms with Crippen LogP contribution in [0.15, 0.2) is 42.7 Å². The summed E-state index contributed by atoms with van der Waals surface area (Å²) in [5.74, 6) is 1.27. The molecule has 0 atom stereocenters. The minimum absolute atomic E-state index is 0.0175. The van der Waals surface area contributed by atoms with Gasteiger partial charge in [0.2, 0.25) is 5.91 Å². The van der Waals surface area contributed by atoms with Crippen LogP contribution >= 0.6 is 0 Å². The van der Waals surface area contributed by atoms with Gasteiger partial charge in [0.1, 0.15) is 0 Å². The van der Waals surface area contributed by atoms with Crippen molar-refractivity contribution in [3.05, 3.63) is 53.9 Å². The molecule has 1 heterocycles. The summed E-state index contributed by atoms with van der Waals surface area (Å²) >= 11 is 0. The minimum Gasteiger partial charge on any atom is -0.493 e. The molecule has 0 saturated heterocycles. The summed E-state index contributed by atoms with van der Waals surface area (Å²) in [5, 5.41) is 2.91. The first-order valence-electron chi connectivity index (χ1n) is 7.09. The molecular formula is C17H20N2O3. The Labute approximate surface area is 130 Å². The number of hydrogen-bond acceptors (Lipinski definition) is 4. The zero-order valence-corrected chi connectivity index (χ0v) is 12.8. The van der Waals surface area contributed by atoms with Crippen molar-refractivity contribution >= 4 is 5.91 Å². The summed E-state index contributed by atoms with van der Waals surface area (Å²) in [6, 6.07) is 9.37. The van der Waals surface area contributed by atoms with Gasteiger partial charge in [0, 0.05) is 18.9 Å². The van der Waals surface area contributed by atoms with Crippen molar-refractivity contribution in [1.82, 2.24) is 10.3 Å². The highest BCUT2D eigenvalue weighted by Gasteiger charge is 2.08. The number of benzene rings is 1. The molecule has 5 nitrogen and oxygen atoms in total. The first kappa shape index (κ1) is 15.8. The van der Waals surface area contributed by atoms with Gasteiger partial charge in [-0.15, -0.1) is 0 Å². The summed E-state index contributed by atoms with van der Waals surface area (Å²) in [6.07, 6.45) is 4.62. The van der Waals surface area contributed by atoms with Gasteiger partial charge in [-0.1, -0.05) is 12.1 Å². The molecule has 0 aliphatic rings. The molecule has 1 aromatic heterocycles. The SMILES string of the molecule is COc1ccc(CC(=O)NCCc2cccnc2)cc1OC. The Balaban J connectivity index is 1.84. The van der Waals surface area contributed by atoms with Crippen molar-refractivity contribution in [1.29, 1.82) is 0 Å². The number of methoxy groups -OCH3 is 2. The molecule has 1 amide bonds. The van der Waals surface area contributed by atoms with Gasteiger partial charge in [-0.25, -0.2) is 0 Å². The molecule has 5 heteroatoms. The number of rotatable bonds is 7. The summed E-state index contributed by atoms with van der Waals surface area (Å²) in [7, 11) is 3.16. The second-order valence-corrected chi connectivity index (χ2v) is 4.83. The number of amides is 1. The van der Waals surface area contributed by atoms with Crippen LogP contribution in [0, 0.1) is 0 Å². The van der Waals surface area contributed by atoms with Gasteiger partial charge in [0.25, 0.3) is 0 Å². The molecule has 22 heavy (non-hydrogen) atoms. The molecule has 0 radical (unpaired) electrons. The van der Waals surface area contributed by atoms with E-state index in [1.807, 2.05) is 24.3 Å². The van der Waals surface area contributed by atoms with Crippen molar-refractivity contribution in [2.45, 2.75) is 12.8 Å². The van der Waals surface area contributed by atoms with Gasteiger partial charge in [-0.05, 0) is 35.7 Å². The molecule has 1 aromatic carbocycles. The molecule has 0 fully saturated rings. The molecule has 2 aromatic rings. The van der Waals surface area contributed by atoms with E-state index in [9.17, 15) is 4.79 Å². The third-order valence-electron chi connectivity index (χ3n) is 3.27. The Bertz CT molecular complexity index is 615. The Hall–Kier alpha value is -2.56. The lowest BCUT2D eigenvalue weighted by Gasteiger charge is -2.10. The third kappa shape index (κ3) is 4.48. The van der Waals surface area contributed by atoms with Crippen LogP contribution in [-0.2, 0) is 17.6 Å². The maximum absolute atomic E-state index is 12.0. The predicted octanol–water partition coefficient (Wildman–Crippen LogP) is 2.00. The number of hydrogen-bond donors (Lipinski definition) is 1. The quantitative estimate of drug-likeness (QED) is 0.849. The van der Waals surface area contributed by atoms with Gasteiger partial charge in [-0.3, -0.25) is 9.78 Å². The Morgan fingerprint density at radius 1 is 1.14 bits per heavy atom. The predicted molar refractivity (Wildman–Crippen MR) is 84.2 cm³/mol. The summed E-state index contributed by atoms with van der Waals surface area (Å²) in [5.41, 5.74) is 1.99. The average molecular weight is 300 g/mol. The lowest BCUT2D eigenvalue weighted by Crippen LogP contribution is -2.27. The van der Waals surface area contributed by atoms with Gasteiger partial charge in [0.05, 0.1) is 20.6 Å². The smallest absolute Gasteiger partial charge is 0.224 e. The Morgan fingerprint density at radius 3 is 2.64 bits per heavy atom. The molecule has 0 saturated carbocycles. The minimum atomic E-state index is -0.0175. The Kier molecular flexibility index (Phi) is 5.77. The van der Waals surface area contributed by atoms with Gasteiger partial charge < -0.3 is 14.8 Å². The zero-order valence-electron chi connectivity index (χ0n) is 12.8. The fourth-order valence-electron chi connectivity index (χ4n) is 2.13. The van der Waals surface area contributed by atoms with E-state index in [2.05, 4.69) is 10.3 Å². The van der Waals surface area contributed by atoms with Crippen molar-refractivity contribution < 1.29 is 14.3 Å². The topological polar surface area (TPSA) is 60.5 Å². The number of carbonyl (C=O) groups is 1. The molecular weight excluding hydrogens is 280 g/mol. The van der Waals surface area contributed by atoms with Gasteiger partial charge in [-0.2, -0.15) is 0 Å². The van der Waals surface area contributed by atoms with Crippen LogP contribution in [0.2, 0.25) is 0 Å². The van der Waals surface area contributed by atoms with Crippen LogP contribution in [0.1, 0.15) is 11.1 Å². The largest absolute Gasteiger partial charge is 0.493 e. The number of nitrogens with one attached hydrogen (secondary N) is 1. The fourth-order valence-corrected chi connectivity index (χ4v) is 2.13. The number of nitrogens with zero attached hydrogens (tertiary/aromatic N) is 1. The van der Waals surface area contributed by atoms with Crippen molar-refractivity contribution in [2.24, 2.45) is 0 Å². The standard InChI is InChI=1S/C17H20N2O3/c1-21-15-6-5-14(10-16(15)22-2)11-17(20)19-9-7-13-4-3-8-18-12-13/h3-6,8,10,12H,7,9,11H2,1-2H3,(H,19,20). The van der Waals surface area contributed by atoms with Crippen molar-refractivity contribution in [2.75, 3.05) is 20.8 Å². The number of aromatic nitrogens is 1. The highest BCUT2D eigenvalue weighted by atomic mass is 16.5. The van der Waals surface area contributed by atoms with Crippen LogP contribution in [0.5, 0.6) is 11.5 Å². The molecule has 116 valence electrons. The highest BCUT2D eigenvalue weighted by Crippen LogP contribution is 2.27. The number of ether oxygens (including phenoxy) is 2. The highest BCUT2D eigenvalue weighted by molar-refractivity contribution is 5.78. The van der Waals surface area contributed by atoms with E-state index < -0.39 is 0 Å². The van der Waals surface area contributed by atoms with Crippen LogP contribution in [0.25, 0.3) is 0 Å². The van der Waals surface area contributed by atoms with Gasteiger partial charge in [0.15, 0.2) is 11.5 Å². The van der Waals surface area contributed by atoms with E-state index in [1.54, 1.807) is 32.7 Å². The van der Waals surface area contributed by atoms with E-state index in [4.69, 9.17) is 9.47 Å². The molecule has 0 unspecified atom stereocenters. The Morgan fingerprint density at radius 2 is 1.95 bits per heavy atom. The van der Waals surface area contributed by atoms with Crippen LogP contribution in [0.3, 0.4) is 0 Å². The second kappa shape index (κ2) is 8.02. The fraction of sp³-hybridized carbons (Fsp3) is 0.294. The molecule has 0 bridgehead atoms. The van der Waals surface area contributed by atoms with Crippen molar-refractivity contribution in [3.8, 4) is 11.5 Å². The molecule has 0 aliphatic carbocycles. The first-order chi connectivity index (χ1) is 10.7. The molecule has 2 rings (SSSR count). The molecule has 0 spiro atoms. The van der Waals surface area contributed by atoms with E-state index in [1.165, 1.54) is 0 Å². The number of pyridine rings is 1. The maximum atomic E-state index is 12.0. The van der Waals surface area contributed by atoms with Crippen LogP contribution < -0.4 is 14.8 Å². The van der Waals surface area contributed by atoms with Crippen LogP contribution in [-0.4, -0.2) is 31.7 Å². The molecule has 0 aliphatic heterocycles. The summed E-state index contributed by atoms with van der Waals surface area (Å²) < 4.78 is 10.4. The molecule has 1 N–H and O–H groups in total. The van der Waals surface area contributed by atoms with Gasteiger partial charge >= 0.3 is 0 Å². The number of carbonyl (C=O) groups excluding carboxylic acids is 1. The monoisotopic (exact) mass is 300 g/mol. The van der Waals surface area contributed by atoms with Crippen LogP contribution in [0.4, 0.5) is 0 Å². The second-order valence-electron chi connectivity index (χ2n) is 4.83. The van der Waals surface area contributed by atoms with E-state index in [0.29, 0.717) is 24.5 Å². The van der Waals surface area contributed by atoms with E-state index >= 15 is 0 Å².